The predicted octanol–water partition coefficient (Wildman–Crippen LogP) is 2.04. The Kier molecular flexibility index (Phi) is 5.35. The minimum atomic E-state index is -0.929. The molecule has 1 aromatic rings. The highest BCUT2D eigenvalue weighted by molar-refractivity contribution is 5.96. The number of amides is 3. The summed E-state index contributed by atoms with van der Waals surface area (Å²) in [5, 5.41) is 16.9. The number of hydrogen-bond acceptors (Lipinski definition) is 3. The van der Waals surface area contributed by atoms with Gasteiger partial charge in [0.05, 0.1) is 11.8 Å². The highest BCUT2D eigenvalue weighted by atomic mass is 16.4. The van der Waals surface area contributed by atoms with Gasteiger partial charge >= 0.3 is 12.0 Å². The van der Waals surface area contributed by atoms with Gasteiger partial charge in [0.1, 0.15) is 0 Å². The first-order valence-corrected chi connectivity index (χ1v) is 7.30. The molecule has 0 radical (unpaired) electrons. The van der Waals surface area contributed by atoms with Crippen LogP contribution in [0.1, 0.15) is 12.8 Å². The third-order valence-corrected chi connectivity index (χ3v) is 3.75. The molecule has 122 valence electrons. The molecule has 0 spiro atoms. The second-order valence-corrected chi connectivity index (χ2v) is 5.32. The van der Waals surface area contributed by atoms with E-state index in [1.54, 1.807) is 30.3 Å². The summed E-state index contributed by atoms with van der Waals surface area (Å²) < 4.78 is 0. The van der Waals surface area contributed by atoms with Crippen LogP contribution in [-0.2, 0) is 9.59 Å². The summed E-state index contributed by atoms with van der Waals surface area (Å²) in [6.45, 7) is 3.87. The molecule has 1 fully saturated rings. The average Bonchev–Trinajstić information content (AvgIpc) is 2.45. The molecule has 0 aliphatic heterocycles. The minimum absolute atomic E-state index is 0.284. The summed E-state index contributed by atoms with van der Waals surface area (Å²) in [5.41, 5.74) is 1.14. The van der Waals surface area contributed by atoms with Crippen molar-refractivity contribution in [2.24, 2.45) is 11.8 Å². The van der Waals surface area contributed by atoms with Crippen molar-refractivity contribution in [3.8, 4) is 0 Å². The molecule has 2 rings (SSSR count). The Morgan fingerprint density at radius 3 is 2.13 bits per heavy atom. The fraction of sp³-hybridized carbons (Fsp3) is 0.312. The van der Waals surface area contributed by atoms with E-state index in [9.17, 15) is 14.4 Å². The molecule has 7 heteroatoms. The lowest BCUT2D eigenvalue weighted by molar-refractivity contribution is -0.151. The lowest BCUT2D eigenvalue weighted by Crippen LogP contribution is -2.41. The van der Waals surface area contributed by atoms with Gasteiger partial charge < -0.3 is 21.1 Å². The summed E-state index contributed by atoms with van der Waals surface area (Å²) in [5.74, 6) is -2.28. The van der Waals surface area contributed by atoms with Gasteiger partial charge in [0.15, 0.2) is 0 Å². The van der Waals surface area contributed by atoms with E-state index in [2.05, 4.69) is 22.5 Å². The maximum Gasteiger partial charge on any atom is 0.319 e. The molecule has 1 aromatic carbocycles. The number of carbonyl (C=O) groups excluding carboxylic acids is 2. The average molecular weight is 317 g/mol. The number of aliphatic carboxylic acids is 1. The van der Waals surface area contributed by atoms with Gasteiger partial charge in [-0.3, -0.25) is 9.59 Å². The van der Waals surface area contributed by atoms with Crippen molar-refractivity contribution in [1.29, 1.82) is 0 Å². The zero-order valence-electron chi connectivity index (χ0n) is 12.5. The molecule has 1 aliphatic carbocycles. The van der Waals surface area contributed by atoms with Gasteiger partial charge in [-0.15, -0.1) is 6.58 Å². The molecule has 1 saturated carbocycles. The van der Waals surface area contributed by atoms with Gasteiger partial charge in [-0.25, -0.2) is 4.79 Å². The predicted molar refractivity (Wildman–Crippen MR) is 86.1 cm³/mol. The van der Waals surface area contributed by atoms with Crippen LogP contribution in [0.2, 0.25) is 0 Å². The first-order chi connectivity index (χ1) is 11.0. The summed E-state index contributed by atoms with van der Waals surface area (Å²) in [6.07, 6.45) is 2.70. The zero-order chi connectivity index (χ0) is 16.8. The number of benzene rings is 1. The number of hydrogen-bond donors (Lipinski definition) is 4. The Hall–Kier alpha value is -2.83. The molecule has 0 saturated heterocycles. The van der Waals surface area contributed by atoms with E-state index < -0.39 is 17.8 Å². The number of carbonyl (C=O) groups is 3. The maximum atomic E-state index is 12.0. The Labute approximate surface area is 133 Å². The van der Waals surface area contributed by atoms with Crippen LogP contribution in [-0.4, -0.2) is 29.6 Å². The van der Waals surface area contributed by atoms with Crippen molar-refractivity contribution in [3.63, 3.8) is 0 Å². The number of carboxylic acid groups (broad SMARTS) is 1. The molecule has 2 unspecified atom stereocenters. The monoisotopic (exact) mass is 317 g/mol. The SMILES string of the molecule is C=CCNC(=O)Nc1ccc(NC(=O)C2CCC2C(=O)O)cc1. The van der Waals surface area contributed by atoms with Gasteiger partial charge in [0.25, 0.3) is 0 Å². The van der Waals surface area contributed by atoms with Gasteiger partial charge in [-0.1, -0.05) is 6.08 Å². The molecular formula is C16H19N3O4. The highest BCUT2D eigenvalue weighted by Gasteiger charge is 2.41. The summed E-state index contributed by atoms with van der Waals surface area (Å²) in [4.78, 5) is 34.4. The highest BCUT2D eigenvalue weighted by Crippen LogP contribution is 2.35. The van der Waals surface area contributed by atoms with E-state index in [1.165, 1.54) is 0 Å². The van der Waals surface area contributed by atoms with Crippen LogP contribution < -0.4 is 16.0 Å². The topological polar surface area (TPSA) is 108 Å². The van der Waals surface area contributed by atoms with Crippen LogP contribution in [0.3, 0.4) is 0 Å². The second kappa shape index (κ2) is 7.44. The van der Waals surface area contributed by atoms with E-state index in [0.29, 0.717) is 30.8 Å². The largest absolute Gasteiger partial charge is 0.481 e. The van der Waals surface area contributed by atoms with E-state index >= 15 is 0 Å². The van der Waals surface area contributed by atoms with Crippen molar-refractivity contribution in [1.82, 2.24) is 5.32 Å². The quantitative estimate of drug-likeness (QED) is 0.602. The van der Waals surface area contributed by atoms with Crippen LogP contribution in [0.15, 0.2) is 36.9 Å². The molecule has 23 heavy (non-hydrogen) atoms. The van der Waals surface area contributed by atoms with Crippen molar-refractivity contribution in [3.05, 3.63) is 36.9 Å². The number of urea groups is 1. The van der Waals surface area contributed by atoms with Crippen molar-refractivity contribution in [2.75, 3.05) is 17.2 Å². The van der Waals surface area contributed by atoms with Crippen molar-refractivity contribution >= 4 is 29.3 Å². The first kappa shape index (κ1) is 16.5. The summed E-state index contributed by atoms with van der Waals surface area (Å²) >= 11 is 0. The summed E-state index contributed by atoms with van der Waals surface area (Å²) in [7, 11) is 0. The standard InChI is InChI=1S/C16H19N3O4/c1-2-9-17-16(23)19-11-5-3-10(4-6-11)18-14(20)12-7-8-13(12)15(21)22/h2-6,12-13H,1,7-9H2,(H,18,20)(H,21,22)(H2,17,19,23). The molecule has 4 N–H and O–H groups in total. The van der Waals surface area contributed by atoms with Crippen molar-refractivity contribution in [2.45, 2.75) is 12.8 Å². The van der Waals surface area contributed by atoms with Crippen molar-refractivity contribution < 1.29 is 19.5 Å². The lowest BCUT2D eigenvalue weighted by atomic mass is 9.73. The van der Waals surface area contributed by atoms with Crippen LogP contribution in [0.5, 0.6) is 0 Å². The zero-order valence-corrected chi connectivity index (χ0v) is 12.5. The van der Waals surface area contributed by atoms with Crippen LogP contribution in [0, 0.1) is 11.8 Å². The van der Waals surface area contributed by atoms with Crippen LogP contribution >= 0.6 is 0 Å². The Bertz CT molecular complexity index is 612. The molecular weight excluding hydrogens is 298 g/mol. The van der Waals surface area contributed by atoms with Gasteiger partial charge in [-0.05, 0) is 37.1 Å². The Morgan fingerprint density at radius 1 is 1.09 bits per heavy atom. The molecule has 3 amide bonds. The minimum Gasteiger partial charge on any atom is -0.481 e. The number of rotatable bonds is 6. The second-order valence-electron chi connectivity index (χ2n) is 5.32. The van der Waals surface area contributed by atoms with E-state index in [-0.39, 0.29) is 11.9 Å². The van der Waals surface area contributed by atoms with E-state index in [0.717, 1.165) is 0 Å². The normalized spacial score (nSPS) is 19.1. The molecule has 0 heterocycles. The lowest BCUT2D eigenvalue weighted by Gasteiger charge is -2.31. The van der Waals surface area contributed by atoms with E-state index in [4.69, 9.17) is 5.11 Å². The fourth-order valence-electron chi connectivity index (χ4n) is 2.32. The number of nitrogens with one attached hydrogen (secondary N) is 3. The molecule has 2 atom stereocenters. The molecule has 0 bridgehead atoms. The fourth-order valence-corrected chi connectivity index (χ4v) is 2.32. The number of carboxylic acids is 1. The van der Waals surface area contributed by atoms with Crippen LogP contribution in [0.25, 0.3) is 0 Å². The van der Waals surface area contributed by atoms with Gasteiger partial charge in [0.2, 0.25) is 5.91 Å². The Morgan fingerprint density at radius 2 is 1.65 bits per heavy atom. The van der Waals surface area contributed by atoms with Gasteiger partial charge in [-0.2, -0.15) is 0 Å². The summed E-state index contributed by atoms with van der Waals surface area (Å²) in [6, 6.07) is 6.25. The smallest absolute Gasteiger partial charge is 0.319 e. The molecule has 0 aromatic heterocycles. The van der Waals surface area contributed by atoms with E-state index in [1.807, 2.05) is 0 Å². The molecule has 1 aliphatic rings. The molecule has 7 nitrogen and oxygen atoms in total. The third kappa shape index (κ3) is 4.32. The number of anilines is 2. The van der Waals surface area contributed by atoms with Crippen LogP contribution in [0.4, 0.5) is 16.2 Å². The Balaban J connectivity index is 1.87. The third-order valence-electron chi connectivity index (χ3n) is 3.75. The first-order valence-electron chi connectivity index (χ1n) is 7.30. The maximum absolute atomic E-state index is 12.0. The van der Waals surface area contributed by atoms with Gasteiger partial charge in [0, 0.05) is 17.9 Å².